The average molecular weight is 319 g/mol. The Bertz CT molecular complexity index is 611. The molecule has 0 radical (unpaired) electrons. The van der Waals surface area contributed by atoms with Crippen LogP contribution >= 0.6 is 23.1 Å². The van der Waals surface area contributed by atoms with Gasteiger partial charge in [0.1, 0.15) is 5.01 Å². The molecule has 1 aliphatic rings. The number of aromatic nitrogens is 2. The summed E-state index contributed by atoms with van der Waals surface area (Å²) < 4.78 is 1.09. The monoisotopic (exact) mass is 319 g/mol. The maximum Gasteiger partial charge on any atom is 0.174 e. The first-order valence-corrected chi connectivity index (χ1v) is 9.17. The van der Waals surface area contributed by atoms with E-state index in [-0.39, 0.29) is 0 Å². The van der Waals surface area contributed by atoms with E-state index in [9.17, 15) is 0 Å². The van der Waals surface area contributed by atoms with Gasteiger partial charge in [0.25, 0.3) is 0 Å². The molecule has 3 nitrogen and oxygen atoms in total. The molecule has 21 heavy (non-hydrogen) atoms. The molecule has 0 saturated carbocycles. The van der Waals surface area contributed by atoms with Gasteiger partial charge in [-0.2, -0.15) is 0 Å². The second-order valence-electron chi connectivity index (χ2n) is 5.54. The summed E-state index contributed by atoms with van der Waals surface area (Å²) >= 11 is 3.58. The van der Waals surface area contributed by atoms with E-state index in [0.29, 0.717) is 17.2 Å². The molecule has 112 valence electrons. The summed E-state index contributed by atoms with van der Waals surface area (Å²) in [7, 11) is 0. The van der Waals surface area contributed by atoms with E-state index in [0.717, 1.165) is 15.9 Å². The molecule has 3 unspecified atom stereocenters. The zero-order valence-electron chi connectivity index (χ0n) is 12.7. The number of thioether (sulfide) groups is 1. The number of rotatable bonds is 4. The van der Waals surface area contributed by atoms with E-state index in [1.165, 1.54) is 17.5 Å². The van der Waals surface area contributed by atoms with Crippen LogP contribution in [0.1, 0.15) is 48.4 Å². The molecule has 5 heteroatoms. The second kappa shape index (κ2) is 6.46. The molecule has 1 aliphatic carbocycles. The molecule has 0 aliphatic heterocycles. The lowest BCUT2D eigenvalue weighted by Gasteiger charge is -2.36. The predicted molar refractivity (Wildman–Crippen MR) is 90.2 cm³/mol. The summed E-state index contributed by atoms with van der Waals surface area (Å²) in [6, 6.07) is 9.26. The van der Waals surface area contributed by atoms with E-state index in [1.807, 2.05) is 18.7 Å². The molecular formula is C16H21N3S2. The van der Waals surface area contributed by atoms with Gasteiger partial charge in [-0.15, -0.1) is 10.2 Å². The number of nitrogens with zero attached hydrogens (tertiary/aromatic N) is 2. The maximum atomic E-state index is 4.29. The van der Waals surface area contributed by atoms with Crippen LogP contribution in [-0.4, -0.2) is 22.0 Å². The van der Waals surface area contributed by atoms with Crippen LogP contribution in [0.15, 0.2) is 28.6 Å². The van der Waals surface area contributed by atoms with Crippen LogP contribution in [0.5, 0.6) is 0 Å². The molecule has 0 bridgehead atoms. The van der Waals surface area contributed by atoms with Gasteiger partial charge in [-0.05, 0) is 36.9 Å². The molecule has 0 spiro atoms. The number of fused-ring (bicyclic) bond motifs is 1. The topological polar surface area (TPSA) is 37.8 Å². The van der Waals surface area contributed by atoms with E-state index < -0.39 is 0 Å². The Hall–Kier alpha value is -0.910. The normalized spacial score (nSPS) is 24.8. The maximum absolute atomic E-state index is 4.29. The van der Waals surface area contributed by atoms with E-state index in [4.69, 9.17) is 0 Å². The largest absolute Gasteiger partial charge is 0.309 e. The third kappa shape index (κ3) is 3.15. The minimum atomic E-state index is 0.400. The van der Waals surface area contributed by atoms with Gasteiger partial charge in [-0.25, -0.2) is 0 Å². The van der Waals surface area contributed by atoms with Gasteiger partial charge < -0.3 is 5.32 Å². The molecule has 1 aromatic carbocycles. The van der Waals surface area contributed by atoms with Crippen LogP contribution < -0.4 is 5.32 Å². The standard InChI is InChI=1S/C16H21N3S2/c1-4-17-15-13-8-6-5-7-12(13)10(2)9-14(15)21-16-19-18-11(3)20-16/h5-8,10,14-15,17H,4,9H2,1-3H3. The second-order valence-corrected chi connectivity index (χ2v) is 8.21. The van der Waals surface area contributed by atoms with Crippen molar-refractivity contribution >= 4 is 23.1 Å². The van der Waals surface area contributed by atoms with Gasteiger partial charge in [0, 0.05) is 11.3 Å². The third-order valence-corrected chi connectivity index (χ3v) is 6.23. The molecule has 3 rings (SSSR count). The van der Waals surface area contributed by atoms with Crippen LogP contribution in [0.4, 0.5) is 0 Å². The van der Waals surface area contributed by atoms with Gasteiger partial charge in [-0.3, -0.25) is 0 Å². The first kappa shape index (κ1) is 15.0. The zero-order chi connectivity index (χ0) is 14.8. The third-order valence-electron chi connectivity index (χ3n) is 4.00. The summed E-state index contributed by atoms with van der Waals surface area (Å²) in [5.41, 5.74) is 2.95. The number of hydrogen-bond acceptors (Lipinski definition) is 5. The van der Waals surface area contributed by atoms with Crippen LogP contribution in [0.3, 0.4) is 0 Å². The highest BCUT2D eigenvalue weighted by Gasteiger charge is 2.33. The van der Waals surface area contributed by atoms with Crippen LogP contribution in [-0.2, 0) is 0 Å². The van der Waals surface area contributed by atoms with Crippen molar-refractivity contribution in [2.75, 3.05) is 6.54 Å². The summed E-state index contributed by atoms with van der Waals surface area (Å²) in [6.45, 7) is 7.51. The highest BCUT2D eigenvalue weighted by atomic mass is 32.2. The molecule has 1 aromatic heterocycles. The first-order valence-electron chi connectivity index (χ1n) is 7.48. The summed E-state index contributed by atoms with van der Waals surface area (Å²) in [6.07, 6.45) is 1.18. The number of aryl methyl sites for hydroxylation is 1. The molecular weight excluding hydrogens is 298 g/mol. The fourth-order valence-corrected chi connectivity index (χ4v) is 5.54. The molecule has 1 N–H and O–H groups in total. The molecule has 0 amide bonds. The lowest BCUT2D eigenvalue weighted by molar-refractivity contribution is 0.453. The Morgan fingerprint density at radius 1 is 1.29 bits per heavy atom. The number of nitrogens with one attached hydrogen (secondary N) is 1. The predicted octanol–water partition coefficient (Wildman–Crippen LogP) is 4.17. The molecule has 1 heterocycles. The molecule has 3 atom stereocenters. The van der Waals surface area contributed by atoms with Crippen molar-refractivity contribution in [2.24, 2.45) is 0 Å². The molecule has 0 saturated heterocycles. The minimum absolute atomic E-state index is 0.400. The van der Waals surface area contributed by atoms with Gasteiger partial charge in [0.15, 0.2) is 4.34 Å². The van der Waals surface area contributed by atoms with E-state index in [2.05, 4.69) is 53.6 Å². The van der Waals surface area contributed by atoms with Crippen molar-refractivity contribution in [1.82, 2.24) is 15.5 Å². The van der Waals surface area contributed by atoms with Crippen molar-refractivity contribution in [3.05, 3.63) is 40.4 Å². The van der Waals surface area contributed by atoms with Gasteiger partial charge >= 0.3 is 0 Å². The quantitative estimate of drug-likeness (QED) is 0.918. The number of benzene rings is 1. The van der Waals surface area contributed by atoms with Gasteiger partial charge in [0.2, 0.25) is 0 Å². The van der Waals surface area contributed by atoms with E-state index >= 15 is 0 Å². The van der Waals surface area contributed by atoms with Crippen LogP contribution in [0.2, 0.25) is 0 Å². The molecule has 0 fully saturated rings. The van der Waals surface area contributed by atoms with Crippen molar-refractivity contribution in [1.29, 1.82) is 0 Å². The average Bonchev–Trinajstić information content (AvgIpc) is 2.88. The van der Waals surface area contributed by atoms with Crippen LogP contribution in [0, 0.1) is 6.92 Å². The Balaban J connectivity index is 1.89. The van der Waals surface area contributed by atoms with Crippen molar-refractivity contribution < 1.29 is 0 Å². The molecule has 2 aromatic rings. The zero-order valence-corrected chi connectivity index (χ0v) is 14.3. The lowest BCUT2D eigenvalue weighted by Crippen LogP contribution is -2.35. The summed E-state index contributed by atoms with van der Waals surface area (Å²) in [5.74, 6) is 0.600. The fourth-order valence-electron chi connectivity index (χ4n) is 3.09. The lowest BCUT2D eigenvalue weighted by atomic mass is 9.80. The van der Waals surface area contributed by atoms with Crippen LogP contribution in [0.25, 0.3) is 0 Å². The smallest absolute Gasteiger partial charge is 0.174 e. The fraction of sp³-hybridized carbons (Fsp3) is 0.500. The van der Waals surface area contributed by atoms with Crippen molar-refractivity contribution in [3.63, 3.8) is 0 Å². The minimum Gasteiger partial charge on any atom is -0.309 e. The highest BCUT2D eigenvalue weighted by Crippen LogP contribution is 2.45. The van der Waals surface area contributed by atoms with Crippen molar-refractivity contribution in [2.45, 2.75) is 48.7 Å². The first-order chi connectivity index (χ1) is 10.2. The van der Waals surface area contributed by atoms with Gasteiger partial charge in [0.05, 0.1) is 0 Å². The number of hydrogen-bond donors (Lipinski definition) is 1. The Labute approximate surface area is 134 Å². The van der Waals surface area contributed by atoms with Gasteiger partial charge in [-0.1, -0.05) is 61.2 Å². The van der Waals surface area contributed by atoms with E-state index in [1.54, 1.807) is 11.3 Å². The Morgan fingerprint density at radius 2 is 2.05 bits per heavy atom. The SMILES string of the molecule is CCNC1c2ccccc2C(C)CC1Sc1nnc(C)s1. The summed E-state index contributed by atoms with van der Waals surface area (Å²) in [5, 5.41) is 13.7. The highest BCUT2D eigenvalue weighted by molar-refractivity contribution is 8.01. The summed E-state index contributed by atoms with van der Waals surface area (Å²) in [4.78, 5) is 0. The van der Waals surface area contributed by atoms with Crippen molar-refractivity contribution in [3.8, 4) is 0 Å². The Morgan fingerprint density at radius 3 is 2.71 bits per heavy atom. The Kier molecular flexibility index (Phi) is 4.62.